The zero-order chi connectivity index (χ0) is 15.0. The Hall–Kier alpha value is -0.820. The predicted molar refractivity (Wildman–Crippen MR) is 65.4 cm³/mol. The lowest BCUT2D eigenvalue weighted by atomic mass is 9.86. The van der Waals surface area contributed by atoms with Crippen LogP contribution < -0.4 is 0 Å². The van der Waals surface area contributed by atoms with Gasteiger partial charge in [-0.25, -0.2) is 0 Å². The first-order valence-corrected chi connectivity index (χ1v) is 6.89. The molecule has 0 aromatic rings. The number of ether oxygens (including phenoxy) is 1. The number of nitrogens with zero attached hydrogens (tertiary/aromatic N) is 1. The van der Waals surface area contributed by atoms with E-state index < -0.39 is 24.1 Å². The average molecular weight is 295 g/mol. The summed E-state index contributed by atoms with van der Waals surface area (Å²) in [7, 11) is 1.56. The molecule has 0 spiro atoms. The second-order valence-corrected chi connectivity index (χ2v) is 5.73. The molecule has 0 aromatic carbocycles. The predicted octanol–water partition coefficient (Wildman–Crippen LogP) is 2.28. The number of carbonyl (C=O) groups is 1. The van der Waals surface area contributed by atoms with Crippen LogP contribution in [0.3, 0.4) is 0 Å². The van der Waals surface area contributed by atoms with E-state index >= 15 is 0 Å². The van der Waals surface area contributed by atoms with Gasteiger partial charge in [-0.15, -0.1) is 0 Å². The standard InChI is InChI=1S/C13H20F3NO3/c1-20-10-5-3-2-4-9(10)17-7-6-12(8-17,11(18)19)13(14,15)16/h9-10H,2-8H2,1H3,(H,18,19). The van der Waals surface area contributed by atoms with Crippen molar-refractivity contribution in [2.75, 3.05) is 20.2 Å². The van der Waals surface area contributed by atoms with Crippen LogP contribution in [0.25, 0.3) is 0 Å². The van der Waals surface area contributed by atoms with Crippen LogP contribution in [0, 0.1) is 5.41 Å². The van der Waals surface area contributed by atoms with Crippen LogP contribution in [-0.2, 0) is 9.53 Å². The molecular weight excluding hydrogens is 275 g/mol. The number of alkyl halides is 3. The maximum Gasteiger partial charge on any atom is 0.406 e. The fourth-order valence-corrected chi connectivity index (χ4v) is 3.42. The number of likely N-dealkylation sites (tertiary alicyclic amines) is 1. The Bertz CT molecular complexity index is 374. The number of carboxylic acid groups (broad SMARTS) is 1. The fraction of sp³-hybridized carbons (Fsp3) is 0.923. The topological polar surface area (TPSA) is 49.8 Å². The summed E-state index contributed by atoms with van der Waals surface area (Å²) in [5.74, 6) is -1.77. The van der Waals surface area contributed by atoms with Crippen LogP contribution in [0.15, 0.2) is 0 Å². The number of hydrogen-bond acceptors (Lipinski definition) is 3. The summed E-state index contributed by atoms with van der Waals surface area (Å²) in [5.41, 5.74) is -2.62. The van der Waals surface area contributed by atoms with Gasteiger partial charge in [0.15, 0.2) is 5.41 Å². The molecule has 4 nitrogen and oxygen atoms in total. The molecule has 1 N–H and O–H groups in total. The summed E-state index contributed by atoms with van der Waals surface area (Å²) in [6, 6.07) is -0.0997. The summed E-state index contributed by atoms with van der Waals surface area (Å²) in [6.45, 7) is -0.299. The third-order valence-corrected chi connectivity index (χ3v) is 4.69. The number of carboxylic acids is 1. The molecule has 1 saturated carbocycles. The first-order chi connectivity index (χ1) is 9.32. The number of methoxy groups -OCH3 is 1. The van der Waals surface area contributed by atoms with E-state index in [0.717, 1.165) is 25.7 Å². The smallest absolute Gasteiger partial charge is 0.406 e. The zero-order valence-electron chi connectivity index (χ0n) is 11.4. The van der Waals surface area contributed by atoms with E-state index in [0.29, 0.717) is 0 Å². The Morgan fingerprint density at radius 1 is 1.35 bits per heavy atom. The van der Waals surface area contributed by atoms with Gasteiger partial charge in [-0.2, -0.15) is 13.2 Å². The van der Waals surface area contributed by atoms with Crippen molar-refractivity contribution in [3.8, 4) is 0 Å². The highest BCUT2D eigenvalue weighted by Gasteiger charge is 2.64. The second kappa shape index (κ2) is 5.52. The van der Waals surface area contributed by atoms with Gasteiger partial charge in [-0.3, -0.25) is 9.69 Å². The summed E-state index contributed by atoms with van der Waals surface area (Å²) in [6.07, 6.45) is -1.64. The Morgan fingerprint density at radius 2 is 2.00 bits per heavy atom. The van der Waals surface area contributed by atoms with Crippen molar-refractivity contribution in [3.05, 3.63) is 0 Å². The fourth-order valence-electron chi connectivity index (χ4n) is 3.42. The largest absolute Gasteiger partial charge is 0.481 e. The van der Waals surface area contributed by atoms with Crippen LogP contribution in [0.1, 0.15) is 32.1 Å². The highest BCUT2D eigenvalue weighted by atomic mass is 19.4. The first kappa shape index (κ1) is 15.6. The molecule has 2 rings (SSSR count). The molecule has 0 radical (unpaired) electrons. The summed E-state index contributed by atoms with van der Waals surface area (Å²) >= 11 is 0. The van der Waals surface area contributed by atoms with Crippen molar-refractivity contribution in [2.45, 2.75) is 50.4 Å². The normalized spacial score (nSPS) is 36.2. The molecule has 20 heavy (non-hydrogen) atoms. The van der Waals surface area contributed by atoms with Crippen molar-refractivity contribution in [3.63, 3.8) is 0 Å². The summed E-state index contributed by atoms with van der Waals surface area (Å²) in [4.78, 5) is 12.8. The van der Waals surface area contributed by atoms with E-state index in [1.807, 2.05) is 0 Å². The molecule has 7 heteroatoms. The van der Waals surface area contributed by atoms with Gasteiger partial charge >= 0.3 is 12.1 Å². The molecule has 0 aromatic heterocycles. The Labute approximate surface area is 115 Å². The van der Waals surface area contributed by atoms with Crippen molar-refractivity contribution < 1.29 is 27.8 Å². The lowest BCUT2D eigenvalue weighted by molar-refractivity contribution is -0.228. The summed E-state index contributed by atoms with van der Waals surface area (Å²) in [5, 5.41) is 9.06. The highest BCUT2D eigenvalue weighted by molar-refractivity contribution is 5.76. The Balaban J connectivity index is 2.16. The first-order valence-electron chi connectivity index (χ1n) is 6.89. The molecule has 1 aliphatic heterocycles. The van der Waals surface area contributed by atoms with E-state index in [-0.39, 0.29) is 25.1 Å². The van der Waals surface area contributed by atoms with Crippen LogP contribution in [-0.4, -0.2) is 54.5 Å². The van der Waals surface area contributed by atoms with Crippen molar-refractivity contribution in [1.29, 1.82) is 0 Å². The minimum atomic E-state index is -4.72. The molecular formula is C13H20F3NO3. The van der Waals surface area contributed by atoms with Gasteiger partial charge in [0, 0.05) is 26.2 Å². The van der Waals surface area contributed by atoms with E-state index in [9.17, 15) is 18.0 Å². The quantitative estimate of drug-likeness (QED) is 0.868. The number of hydrogen-bond donors (Lipinski definition) is 1. The molecule has 2 fully saturated rings. The second-order valence-electron chi connectivity index (χ2n) is 5.73. The Morgan fingerprint density at radius 3 is 2.50 bits per heavy atom. The number of rotatable bonds is 3. The van der Waals surface area contributed by atoms with Crippen molar-refractivity contribution in [1.82, 2.24) is 4.90 Å². The maximum atomic E-state index is 13.1. The van der Waals surface area contributed by atoms with Crippen LogP contribution in [0.2, 0.25) is 0 Å². The minimum absolute atomic E-state index is 0.0958. The van der Waals surface area contributed by atoms with Gasteiger partial charge in [0.1, 0.15) is 0 Å². The lowest BCUT2D eigenvalue weighted by Gasteiger charge is -2.38. The molecule has 3 unspecified atom stereocenters. The number of halogens is 3. The molecule has 0 amide bonds. The van der Waals surface area contributed by atoms with E-state index in [1.165, 1.54) is 0 Å². The molecule has 0 bridgehead atoms. The minimum Gasteiger partial charge on any atom is -0.481 e. The molecule has 2 aliphatic rings. The van der Waals surface area contributed by atoms with E-state index in [4.69, 9.17) is 9.84 Å². The van der Waals surface area contributed by atoms with Gasteiger partial charge in [0.25, 0.3) is 0 Å². The molecule has 116 valence electrons. The average Bonchev–Trinajstić information content (AvgIpc) is 2.84. The molecule has 3 atom stereocenters. The Kier molecular flexibility index (Phi) is 4.30. The van der Waals surface area contributed by atoms with Crippen LogP contribution in [0.5, 0.6) is 0 Å². The van der Waals surface area contributed by atoms with Gasteiger partial charge in [0.2, 0.25) is 0 Å². The molecule has 1 aliphatic carbocycles. The molecule has 1 heterocycles. The van der Waals surface area contributed by atoms with Crippen LogP contribution >= 0.6 is 0 Å². The van der Waals surface area contributed by atoms with Gasteiger partial charge < -0.3 is 9.84 Å². The van der Waals surface area contributed by atoms with Gasteiger partial charge in [-0.05, 0) is 19.3 Å². The van der Waals surface area contributed by atoms with Crippen molar-refractivity contribution in [2.24, 2.45) is 5.41 Å². The highest BCUT2D eigenvalue weighted by Crippen LogP contribution is 2.47. The third-order valence-electron chi connectivity index (χ3n) is 4.69. The van der Waals surface area contributed by atoms with E-state index in [2.05, 4.69) is 0 Å². The number of aliphatic carboxylic acids is 1. The van der Waals surface area contributed by atoms with Gasteiger partial charge in [0.05, 0.1) is 6.10 Å². The monoisotopic (exact) mass is 295 g/mol. The van der Waals surface area contributed by atoms with E-state index in [1.54, 1.807) is 12.0 Å². The van der Waals surface area contributed by atoms with Crippen LogP contribution in [0.4, 0.5) is 13.2 Å². The van der Waals surface area contributed by atoms with Crippen molar-refractivity contribution >= 4 is 5.97 Å². The SMILES string of the molecule is COC1CCCCC1N1CCC(C(=O)O)(C(F)(F)F)C1. The van der Waals surface area contributed by atoms with Gasteiger partial charge in [-0.1, -0.05) is 12.8 Å². The maximum absolute atomic E-state index is 13.1. The lowest BCUT2D eigenvalue weighted by Crippen LogP contribution is -2.51. The zero-order valence-corrected chi connectivity index (χ0v) is 11.4. The molecule has 1 saturated heterocycles. The summed E-state index contributed by atoms with van der Waals surface area (Å²) < 4.78 is 44.8. The third kappa shape index (κ3) is 2.53.